The number of Topliss-reactive ketones (excluding diaryl/α,β-unsaturated/α-hetero) is 1. The Bertz CT molecular complexity index is 183. The van der Waals surface area contributed by atoms with Crippen LogP contribution in [0, 0.1) is 0 Å². The summed E-state index contributed by atoms with van der Waals surface area (Å²) < 4.78 is 4.06. The van der Waals surface area contributed by atoms with Crippen molar-refractivity contribution in [2.24, 2.45) is 0 Å². The molecule has 0 saturated carbocycles. The minimum atomic E-state index is -1.11. The zero-order valence-electron chi connectivity index (χ0n) is 5.99. The van der Waals surface area contributed by atoms with Crippen LogP contribution in [0.5, 0.6) is 0 Å². The minimum Gasteiger partial charge on any atom is -0.481 e. The Morgan fingerprint density at radius 3 is 2.18 bits per heavy atom. The molecule has 0 unspecified atom stereocenters. The van der Waals surface area contributed by atoms with Crippen LogP contribution in [0.3, 0.4) is 0 Å². The average molecular weight is 160 g/mol. The van der Waals surface area contributed by atoms with E-state index in [1.807, 2.05) is 0 Å². The summed E-state index contributed by atoms with van der Waals surface area (Å²) in [6.07, 6.45) is -0.643. The van der Waals surface area contributed by atoms with Crippen LogP contribution in [0.1, 0.15) is 12.8 Å². The van der Waals surface area contributed by atoms with E-state index in [2.05, 4.69) is 4.74 Å². The van der Waals surface area contributed by atoms with Gasteiger partial charge in [0.05, 0.1) is 13.5 Å². The molecule has 0 aliphatic rings. The molecule has 5 nitrogen and oxygen atoms in total. The Hall–Kier alpha value is -1.39. The Kier molecular flexibility index (Phi) is 3.87. The third-order valence-corrected chi connectivity index (χ3v) is 0.979. The molecule has 0 amide bonds. The standard InChI is InChI=1S/C6H8O5/c1-11-6(10)4(7)2-3-5(8)9/h2-3H2,1H3,(H,8,9). The summed E-state index contributed by atoms with van der Waals surface area (Å²) in [5.41, 5.74) is 0. The predicted molar refractivity (Wildman–Crippen MR) is 33.9 cm³/mol. The highest BCUT2D eigenvalue weighted by molar-refractivity contribution is 6.33. The van der Waals surface area contributed by atoms with Gasteiger partial charge in [0.15, 0.2) is 0 Å². The molecule has 0 fully saturated rings. The molecule has 0 radical (unpaired) electrons. The van der Waals surface area contributed by atoms with Gasteiger partial charge in [-0.2, -0.15) is 0 Å². The fourth-order valence-electron chi connectivity index (χ4n) is 0.436. The number of aliphatic carboxylic acids is 1. The number of methoxy groups -OCH3 is 1. The third-order valence-electron chi connectivity index (χ3n) is 0.979. The van der Waals surface area contributed by atoms with Crippen molar-refractivity contribution in [3.63, 3.8) is 0 Å². The van der Waals surface area contributed by atoms with Crippen molar-refractivity contribution in [3.05, 3.63) is 0 Å². The minimum absolute atomic E-state index is 0.304. The first-order valence-electron chi connectivity index (χ1n) is 2.91. The number of esters is 1. The number of carbonyl (C=O) groups is 3. The highest BCUT2D eigenvalue weighted by atomic mass is 16.5. The Balaban J connectivity index is 3.70. The molecule has 62 valence electrons. The lowest BCUT2D eigenvalue weighted by Crippen LogP contribution is -2.16. The van der Waals surface area contributed by atoms with Gasteiger partial charge >= 0.3 is 11.9 Å². The summed E-state index contributed by atoms with van der Waals surface area (Å²) in [4.78, 5) is 30.8. The molecule has 0 aliphatic heterocycles. The van der Waals surface area contributed by atoms with Crippen LogP contribution in [-0.4, -0.2) is 29.9 Å². The number of hydrogen-bond acceptors (Lipinski definition) is 4. The smallest absolute Gasteiger partial charge is 0.374 e. The topological polar surface area (TPSA) is 80.7 Å². The predicted octanol–water partition coefficient (Wildman–Crippen LogP) is -0.407. The van der Waals surface area contributed by atoms with Gasteiger partial charge in [-0.3, -0.25) is 9.59 Å². The molecule has 1 N–H and O–H groups in total. The molecule has 0 spiro atoms. The van der Waals surface area contributed by atoms with Gasteiger partial charge in [-0.15, -0.1) is 0 Å². The summed E-state index contributed by atoms with van der Waals surface area (Å²) in [6, 6.07) is 0. The van der Waals surface area contributed by atoms with Crippen LogP contribution < -0.4 is 0 Å². The van der Waals surface area contributed by atoms with Crippen molar-refractivity contribution < 1.29 is 24.2 Å². The number of ether oxygens (including phenoxy) is 1. The van der Waals surface area contributed by atoms with Gasteiger partial charge in [0.1, 0.15) is 0 Å². The number of ketones is 1. The number of carboxylic acid groups (broad SMARTS) is 1. The van der Waals surface area contributed by atoms with Crippen LogP contribution in [0.15, 0.2) is 0 Å². The fourth-order valence-corrected chi connectivity index (χ4v) is 0.436. The third kappa shape index (κ3) is 4.07. The van der Waals surface area contributed by atoms with Crippen molar-refractivity contribution in [1.82, 2.24) is 0 Å². The van der Waals surface area contributed by atoms with Gasteiger partial charge in [0.25, 0.3) is 0 Å². The number of carbonyl (C=O) groups excluding carboxylic acids is 2. The summed E-state index contributed by atoms with van der Waals surface area (Å²) in [7, 11) is 1.07. The highest BCUT2D eigenvalue weighted by Crippen LogP contribution is 1.92. The van der Waals surface area contributed by atoms with Crippen LogP contribution in [0.4, 0.5) is 0 Å². The molecule has 0 rings (SSSR count). The van der Waals surface area contributed by atoms with E-state index in [-0.39, 0.29) is 12.8 Å². The van der Waals surface area contributed by atoms with Gasteiger partial charge in [0.2, 0.25) is 5.78 Å². The van der Waals surface area contributed by atoms with Crippen molar-refractivity contribution in [2.45, 2.75) is 12.8 Å². The quantitative estimate of drug-likeness (QED) is 0.446. The highest BCUT2D eigenvalue weighted by Gasteiger charge is 2.14. The summed E-state index contributed by atoms with van der Waals surface area (Å²) in [6.45, 7) is 0. The normalized spacial score (nSPS) is 8.82. The fraction of sp³-hybridized carbons (Fsp3) is 0.500. The van der Waals surface area contributed by atoms with Gasteiger partial charge in [0, 0.05) is 6.42 Å². The van der Waals surface area contributed by atoms with Gasteiger partial charge in [-0.05, 0) is 0 Å². The maximum atomic E-state index is 10.5. The number of carboxylic acids is 1. The van der Waals surface area contributed by atoms with E-state index >= 15 is 0 Å². The Labute approximate surface area is 63.0 Å². The van der Waals surface area contributed by atoms with Crippen LogP contribution in [0.2, 0.25) is 0 Å². The summed E-state index contributed by atoms with van der Waals surface area (Å²) >= 11 is 0. The van der Waals surface area contributed by atoms with E-state index in [4.69, 9.17) is 5.11 Å². The van der Waals surface area contributed by atoms with Crippen molar-refractivity contribution in [2.75, 3.05) is 7.11 Å². The van der Waals surface area contributed by atoms with E-state index in [9.17, 15) is 14.4 Å². The Morgan fingerprint density at radius 2 is 1.82 bits per heavy atom. The first-order chi connectivity index (χ1) is 5.07. The lowest BCUT2D eigenvalue weighted by Gasteiger charge is -1.94. The second-order valence-electron chi connectivity index (χ2n) is 1.81. The number of hydrogen-bond donors (Lipinski definition) is 1. The zero-order valence-corrected chi connectivity index (χ0v) is 5.99. The van der Waals surface area contributed by atoms with Crippen LogP contribution in [-0.2, 0) is 19.1 Å². The molecule has 0 bridgehead atoms. The Morgan fingerprint density at radius 1 is 1.27 bits per heavy atom. The average Bonchev–Trinajstić information content (AvgIpc) is 1.98. The second-order valence-corrected chi connectivity index (χ2v) is 1.81. The van der Waals surface area contributed by atoms with Crippen molar-refractivity contribution in [3.8, 4) is 0 Å². The van der Waals surface area contributed by atoms with E-state index in [1.165, 1.54) is 0 Å². The van der Waals surface area contributed by atoms with Crippen molar-refractivity contribution >= 4 is 17.7 Å². The maximum Gasteiger partial charge on any atom is 0.374 e. The van der Waals surface area contributed by atoms with Gasteiger partial charge in [-0.1, -0.05) is 0 Å². The van der Waals surface area contributed by atoms with Crippen LogP contribution in [0.25, 0.3) is 0 Å². The molecule has 11 heavy (non-hydrogen) atoms. The van der Waals surface area contributed by atoms with E-state index in [0.717, 1.165) is 7.11 Å². The molecule has 0 aromatic heterocycles. The zero-order chi connectivity index (χ0) is 8.85. The molecule has 5 heteroatoms. The maximum absolute atomic E-state index is 10.5. The monoisotopic (exact) mass is 160 g/mol. The SMILES string of the molecule is COC(=O)C(=O)CCC(=O)O. The lowest BCUT2D eigenvalue weighted by atomic mass is 10.2. The molecule has 0 saturated heterocycles. The summed E-state index contributed by atoms with van der Waals surface area (Å²) in [5.74, 6) is -2.91. The second kappa shape index (κ2) is 4.43. The first-order valence-corrected chi connectivity index (χ1v) is 2.91. The van der Waals surface area contributed by atoms with Gasteiger partial charge < -0.3 is 9.84 Å². The first kappa shape index (κ1) is 9.61. The largest absolute Gasteiger partial charge is 0.481 e. The number of rotatable bonds is 4. The molecular formula is C6H8O5. The lowest BCUT2D eigenvalue weighted by molar-refractivity contribution is -0.152. The van der Waals surface area contributed by atoms with Crippen LogP contribution >= 0.6 is 0 Å². The molecule has 0 aromatic carbocycles. The molecule has 0 aromatic rings. The van der Waals surface area contributed by atoms with E-state index < -0.39 is 17.7 Å². The molecule has 0 aliphatic carbocycles. The van der Waals surface area contributed by atoms with E-state index in [0.29, 0.717) is 0 Å². The van der Waals surface area contributed by atoms with E-state index in [1.54, 1.807) is 0 Å². The van der Waals surface area contributed by atoms with Crippen molar-refractivity contribution in [1.29, 1.82) is 0 Å². The molecular weight excluding hydrogens is 152 g/mol. The summed E-state index contributed by atoms with van der Waals surface area (Å²) in [5, 5.41) is 8.11. The molecule has 0 atom stereocenters. The van der Waals surface area contributed by atoms with Gasteiger partial charge in [-0.25, -0.2) is 4.79 Å². The molecule has 0 heterocycles.